The zero-order chi connectivity index (χ0) is 56.0. The van der Waals surface area contributed by atoms with Crippen molar-refractivity contribution in [3.8, 4) is 6.07 Å². The van der Waals surface area contributed by atoms with Crippen LogP contribution in [0.4, 0.5) is 0 Å². The Morgan fingerprint density at radius 1 is 0.649 bits per heavy atom. The Balaban J connectivity index is 0.000000224. The van der Waals surface area contributed by atoms with Gasteiger partial charge in [-0.1, -0.05) is 12.1 Å². The van der Waals surface area contributed by atoms with E-state index in [9.17, 15) is 33.6 Å². The van der Waals surface area contributed by atoms with Crippen molar-refractivity contribution in [1.29, 1.82) is 5.26 Å². The quantitative estimate of drug-likeness (QED) is 0.0533. The summed E-state index contributed by atoms with van der Waals surface area (Å²) in [5.74, 6) is -7.32. The van der Waals surface area contributed by atoms with E-state index in [0.717, 1.165) is 0 Å². The molecule has 0 N–H and O–H groups in total. The number of ether oxygens (including phenoxy) is 8. The van der Waals surface area contributed by atoms with Gasteiger partial charge in [0.15, 0.2) is 11.6 Å². The van der Waals surface area contributed by atoms with E-state index >= 15 is 0 Å². The average molecular weight is 1180 g/mol. The Hall–Kier alpha value is -4.31. The number of halogens is 1. The summed E-state index contributed by atoms with van der Waals surface area (Å²) in [7, 11) is -7.99. The minimum Gasteiger partial charge on any atom is -0.464 e. The molecular weight excluding hydrogens is 1110 g/mol. The van der Waals surface area contributed by atoms with Crippen LogP contribution in [0.5, 0.6) is 0 Å². The molecule has 422 valence electrons. The van der Waals surface area contributed by atoms with Crippen LogP contribution in [0.25, 0.3) is 21.8 Å². The van der Waals surface area contributed by atoms with Crippen LogP contribution in [0.15, 0.2) is 63.1 Å². The Morgan fingerprint density at radius 2 is 1.04 bits per heavy atom. The molecule has 2 saturated heterocycles. The van der Waals surface area contributed by atoms with Gasteiger partial charge < -0.3 is 56.0 Å². The van der Waals surface area contributed by atoms with Gasteiger partial charge in [-0.25, -0.2) is 19.6 Å². The molecule has 2 aliphatic heterocycles. The second-order valence-corrected chi connectivity index (χ2v) is 24.2. The maximum atomic E-state index is 13.6. The number of hydrogen-bond donors (Lipinski definition) is 0. The standard InChI is InChI=1S/C26H34N3O9P.C25H34BrN2O9P/c1-6-33-24(31)25(39(32,35-7-2)36-8-3)34-14-17-12-19(22-21(17)37-26(4,5)38-22)29-15-28-18-11-9-10-16(13-27)20(18)23(29)30;1-6-32-23(30)24(38(31,34-7-2)35-8-3)33-13-15-12-18(21-20(15)36-25(4,5)37-21)28-14-27-17-11-9-10-16(26)19(17)22(28)29/h9-11,15,17,19,21-22,25H,6-8,12,14H2,1-5H3;9-11,14-15,18,20-21,24H,6-8,12-13H2,1-5H3/t17-,19-,21-,22+,25?;15-,18-,20-,21+,24?/m11/s1. The number of carbonyl (C=O) groups excluding carboxylic acids is 2. The van der Waals surface area contributed by atoms with Gasteiger partial charge in [0.1, 0.15) is 18.3 Å². The summed E-state index contributed by atoms with van der Waals surface area (Å²) in [5, 5.41) is 10.3. The van der Waals surface area contributed by atoms with E-state index in [-0.39, 0.29) is 86.8 Å². The van der Waals surface area contributed by atoms with Gasteiger partial charge in [0.05, 0.1) is 117 Å². The van der Waals surface area contributed by atoms with Gasteiger partial charge in [0.2, 0.25) is 0 Å². The second-order valence-electron chi connectivity index (χ2n) is 19.2. The average Bonchev–Trinajstić information content (AvgIpc) is 4.16. The largest absolute Gasteiger partial charge is 0.464 e. The summed E-state index contributed by atoms with van der Waals surface area (Å²) in [5.41, 5.74) is 0.671. The summed E-state index contributed by atoms with van der Waals surface area (Å²) in [6.45, 7) is 17.3. The number of aromatic nitrogens is 4. The first-order valence-corrected chi connectivity index (χ1v) is 29.8. The molecule has 0 spiro atoms. The molecule has 26 heteroatoms. The summed E-state index contributed by atoms with van der Waals surface area (Å²) < 4.78 is 99.1. The van der Waals surface area contributed by atoms with Crippen LogP contribution in [-0.4, -0.2) is 132 Å². The van der Waals surface area contributed by atoms with Crippen LogP contribution in [-0.2, 0) is 74.7 Å². The maximum absolute atomic E-state index is 13.6. The SMILES string of the molecule is CCOC(=O)C(OC[C@H]1C[C@@H](n2cnc3cccc(Br)c3c2=O)[C@@H]2OC(C)(C)O[C@H]12)P(=O)(OCC)OCC.CCOC(=O)C(OC[C@H]1C[C@@H](n2cnc3cccc(C#N)c3c2=O)[C@@H]2OC(C)(C)O[C@H]12)P(=O)(OCC)OCC. The van der Waals surface area contributed by atoms with Crippen LogP contribution >= 0.6 is 31.1 Å². The molecule has 4 aliphatic rings. The van der Waals surface area contributed by atoms with E-state index in [0.29, 0.717) is 33.7 Å². The molecule has 10 atom stereocenters. The normalized spacial score (nSPS) is 25.1. The first kappa shape index (κ1) is 60.3. The summed E-state index contributed by atoms with van der Waals surface area (Å²) in [6.07, 6.45) is 1.83. The molecule has 8 rings (SSSR count). The van der Waals surface area contributed by atoms with E-state index in [4.69, 9.17) is 56.0 Å². The molecule has 2 unspecified atom stereocenters. The number of fused-ring (bicyclic) bond motifs is 4. The van der Waals surface area contributed by atoms with Crippen LogP contribution in [0.2, 0.25) is 0 Å². The molecule has 0 radical (unpaired) electrons. The molecule has 2 saturated carbocycles. The predicted octanol–water partition coefficient (Wildman–Crippen LogP) is 7.93. The van der Waals surface area contributed by atoms with Gasteiger partial charge in [-0.2, -0.15) is 5.26 Å². The molecule has 0 bridgehead atoms. The minimum atomic E-state index is -4.01. The monoisotopic (exact) mass is 1180 g/mol. The predicted molar refractivity (Wildman–Crippen MR) is 281 cm³/mol. The van der Waals surface area contributed by atoms with Gasteiger partial charge in [0, 0.05) is 16.3 Å². The highest BCUT2D eigenvalue weighted by molar-refractivity contribution is 9.10. The Morgan fingerprint density at radius 3 is 1.44 bits per heavy atom. The Kier molecular flexibility index (Phi) is 19.9. The van der Waals surface area contributed by atoms with Gasteiger partial charge in [-0.15, -0.1) is 0 Å². The summed E-state index contributed by atoms with van der Waals surface area (Å²) in [4.78, 5) is 61.5. The molecule has 2 aromatic heterocycles. The highest BCUT2D eigenvalue weighted by Crippen LogP contribution is 2.56. The summed E-state index contributed by atoms with van der Waals surface area (Å²) in [6, 6.07) is 11.5. The first-order valence-electron chi connectivity index (χ1n) is 25.7. The van der Waals surface area contributed by atoms with Crippen molar-refractivity contribution in [1.82, 2.24) is 19.1 Å². The molecule has 23 nitrogen and oxygen atoms in total. The topological polar surface area (TPSA) is 273 Å². The third-order valence-corrected chi connectivity index (χ3v) is 18.2. The fraction of sp³-hybridized carbons (Fsp3) is 0.627. The van der Waals surface area contributed by atoms with Gasteiger partial charge in [0.25, 0.3) is 22.8 Å². The second kappa shape index (κ2) is 25.4. The molecular formula is C51H68BrN5O18P2. The number of rotatable bonds is 22. The van der Waals surface area contributed by atoms with Crippen LogP contribution in [0.1, 0.15) is 99.7 Å². The van der Waals surface area contributed by atoms with Crippen LogP contribution in [0, 0.1) is 23.2 Å². The summed E-state index contributed by atoms with van der Waals surface area (Å²) >= 11 is 3.46. The van der Waals surface area contributed by atoms with Crippen molar-refractivity contribution in [3.05, 3.63) is 79.8 Å². The van der Waals surface area contributed by atoms with E-state index in [2.05, 4.69) is 32.0 Å². The van der Waals surface area contributed by atoms with Crippen molar-refractivity contribution in [2.45, 2.75) is 142 Å². The fourth-order valence-electron chi connectivity index (χ4n) is 10.4. The zero-order valence-electron chi connectivity index (χ0n) is 44.8. The number of benzene rings is 2. The van der Waals surface area contributed by atoms with Crippen LogP contribution < -0.4 is 11.1 Å². The molecule has 77 heavy (non-hydrogen) atoms. The van der Waals surface area contributed by atoms with Crippen molar-refractivity contribution in [3.63, 3.8) is 0 Å². The third kappa shape index (κ3) is 13.0. The molecule has 2 aromatic carbocycles. The van der Waals surface area contributed by atoms with E-state index in [1.165, 1.54) is 17.2 Å². The lowest BCUT2D eigenvalue weighted by atomic mass is 10.1. The number of esters is 2. The molecule has 4 heterocycles. The van der Waals surface area contributed by atoms with Crippen molar-refractivity contribution in [2.75, 3.05) is 52.9 Å². The van der Waals surface area contributed by atoms with Crippen molar-refractivity contribution in [2.24, 2.45) is 11.8 Å². The fourth-order valence-corrected chi connectivity index (χ4v) is 14.2. The van der Waals surface area contributed by atoms with E-state index in [1.807, 2.05) is 6.07 Å². The van der Waals surface area contributed by atoms with E-state index < -0.39 is 86.9 Å². The number of hydrogen-bond acceptors (Lipinski definition) is 21. The van der Waals surface area contributed by atoms with Gasteiger partial charge >= 0.3 is 27.1 Å². The number of nitriles is 1. The van der Waals surface area contributed by atoms with Gasteiger partial charge in [-0.05, 0) is 122 Å². The van der Waals surface area contributed by atoms with Crippen LogP contribution in [0.3, 0.4) is 0 Å². The molecule has 4 aromatic rings. The lowest BCUT2D eigenvalue weighted by molar-refractivity contribution is -0.166. The highest BCUT2D eigenvalue weighted by Gasteiger charge is 2.57. The number of carbonyl (C=O) groups is 2. The van der Waals surface area contributed by atoms with E-state index in [1.54, 1.807) is 104 Å². The third-order valence-electron chi connectivity index (χ3n) is 13.2. The van der Waals surface area contributed by atoms with Gasteiger partial charge in [-0.3, -0.25) is 27.9 Å². The maximum Gasteiger partial charge on any atom is 0.370 e. The van der Waals surface area contributed by atoms with Crippen molar-refractivity contribution < 1.29 is 74.7 Å². The molecule has 0 amide bonds. The molecule has 4 fully saturated rings. The highest BCUT2D eigenvalue weighted by atomic mass is 79.9. The Bertz CT molecular complexity index is 3000. The number of nitrogens with zero attached hydrogens (tertiary/aromatic N) is 5. The lowest BCUT2D eigenvalue weighted by Gasteiger charge is -2.27. The minimum absolute atomic E-state index is 0.0236. The smallest absolute Gasteiger partial charge is 0.370 e. The molecule has 2 aliphatic carbocycles. The lowest BCUT2D eigenvalue weighted by Crippen LogP contribution is -2.34. The zero-order valence-corrected chi connectivity index (χ0v) is 48.2. The first-order chi connectivity index (χ1) is 36.6. The Labute approximate surface area is 454 Å². The van der Waals surface area contributed by atoms with Crippen molar-refractivity contribution >= 4 is 64.9 Å².